The average Bonchev–Trinajstić information content (AvgIpc) is 3.24. The molecule has 0 saturated heterocycles. The van der Waals surface area contributed by atoms with Crippen molar-refractivity contribution >= 4 is 49.7 Å². The summed E-state index contributed by atoms with van der Waals surface area (Å²) in [5.41, 5.74) is 0.956. The van der Waals surface area contributed by atoms with Gasteiger partial charge >= 0.3 is 0 Å². The molecular formula is C18H20ClF2N7O2S2. The minimum atomic E-state index is -4.37. The van der Waals surface area contributed by atoms with E-state index in [-0.39, 0.29) is 17.4 Å². The molecule has 0 spiro atoms. The van der Waals surface area contributed by atoms with Gasteiger partial charge in [0.05, 0.1) is 28.6 Å². The Morgan fingerprint density at radius 2 is 1.88 bits per heavy atom. The Bertz CT molecular complexity index is 1160. The fourth-order valence-corrected chi connectivity index (χ4v) is 4.55. The van der Waals surface area contributed by atoms with Crippen molar-refractivity contribution in [1.29, 1.82) is 0 Å². The van der Waals surface area contributed by atoms with Gasteiger partial charge in [0, 0.05) is 36.9 Å². The molecule has 1 aromatic carbocycles. The van der Waals surface area contributed by atoms with Crippen LogP contribution in [0.25, 0.3) is 0 Å². The standard InChI is InChI=1S/C18H20ClF2N7O2S2/c1-2-22-3-4-23-15-5-11(19)8-24-16(15)9-25-14-6-13(21)17(7-12(14)20)32(29,30)28-18-26-10-27-31-18/h5-8,10,22-23,25H,2-4,9H2,1H3,(H,26,27,28). The van der Waals surface area contributed by atoms with Crippen LogP contribution >= 0.6 is 23.1 Å². The van der Waals surface area contributed by atoms with E-state index < -0.39 is 26.6 Å². The molecule has 3 aromatic rings. The summed E-state index contributed by atoms with van der Waals surface area (Å²) in [4.78, 5) is 7.06. The van der Waals surface area contributed by atoms with Crippen molar-refractivity contribution in [1.82, 2.24) is 19.7 Å². The predicted molar refractivity (Wildman–Crippen MR) is 121 cm³/mol. The SMILES string of the molecule is CCNCCNc1cc(Cl)cnc1CNc1cc(F)c(S(=O)(=O)Nc2ncns2)cc1F. The Morgan fingerprint density at radius 1 is 1.06 bits per heavy atom. The molecule has 2 heterocycles. The number of anilines is 3. The van der Waals surface area contributed by atoms with E-state index in [1.807, 2.05) is 6.92 Å². The van der Waals surface area contributed by atoms with Crippen LogP contribution in [0, 0.1) is 11.6 Å². The third-order valence-electron chi connectivity index (χ3n) is 4.14. The minimum absolute atomic E-state index is 0.0478. The summed E-state index contributed by atoms with van der Waals surface area (Å²) in [7, 11) is -4.37. The van der Waals surface area contributed by atoms with E-state index in [0.29, 0.717) is 29.0 Å². The number of rotatable bonds is 11. The fourth-order valence-electron chi connectivity index (χ4n) is 2.66. The summed E-state index contributed by atoms with van der Waals surface area (Å²) >= 11 is 6.78. The van der Waals surface area contributed by atoms with Gasteiger partial charge in [-0.2, -0.15) is 4.37 Å². The lowest BCUT2D eigenvalue weighted by Gasteiger charge is -2.14. The third-order valence-corrected chi connectivity index (χ3v) is 6.41. The number of hydrogen-bond acceptors (Lipinski definition) is 9. The Balaban J connectivity index is 1.74. The highest BCUT2D eigenvalue weighted by Gasteiger charge is 2.23. The second kappa shape index (κ2) is 10.8. The van der Waals surface area contributed by atoms with Gasteiger partial charge in [0.1, 0.15) is 22.9 Å². The molecule has 4 N–H and O–H groups in total. The van der Waals surface area contributed by atoms with E-state index in [2.05, 4.69) is 35.0 Å². The molecule has 0 fully saturated rings. The first-order chi connectivity index (χ1) is 15.3. The molecule has 14 heteroatoms. The van der Waals surface area contributed by atoms with Crippen molar-refractivity contribution in [2.75, 3.05) is 35.0 Å². The molecular weight excluding hydrogens is 484 g/mol. The van der Waals surface area contributed by atoms with Crippen LogP contribution in [0.2, 0.25) is 5.02 Å². The summed E-state index contributed by atoms with van der Waals surface area (Å²) < 4.78 is 59.5. The second-order valence-electron chi connectivity index (χ2n) is 6.40. The monoisotopic (exact) mass is 503 g/mol. The first kappa shape index (κ1) is 24.0. The van der Waals surface area contributed by atoms with Gasteiger partial charge in [-0.15, -0.1) is 0 Å². The molecule has 0 saturated carbocycles. The second-order valence-corrected chi connectivity index (χ2v) is 9.26. The van der Waals surface area contributed by atoms with Crippen LogP contribution in [-0.4, -0.2) is 42.4 Å². The maximum absolute atomic E-state index is 14.6. The Morgan fingerprint density at radius 3 is 2.59 bits per heavy atom. The smallest absolute Gasteiger partial charge is 0.266 e. The zero-order chi connectivity index (χ0) is 23.1. The van der Waals surface area contributed by atoms with Gasteiger partial charge in [0.25, 0.3) is 10.0 Å². The molecule has 172 valence electrons. The number of hydrogen-bond donors (Lipinski definition) is 4. The zero-order valence-electron chi connectivity index (χ0n) is 16.8. The summed E-state index contributed by atoms with van der Waals surface area (Å²) in [5.74, 6) is -2.07. The lowest BCUT2D eigenvalue weighted by atomic mass is 10.2. The number of pyridine rings is 1. The van der Waals surface area contributed by atoms with Gasteiger partial charge in [-0.25, -0.2) is 22.2 Å². The van der Waals surface area contributed by atoms with Crippen molar-refractivity contribution in [2.24, 2.45) is 0 Å². The number of aromatic nitrogens is 3. The normalized spacial score (nSPS) is 11.4. The van der Waals surface area contributed by atoms with Crippen LogP contribution < -0.4 is 20.7 Å². The summed E-state index contributed by atoms with van der Waals surface area (Å²) in [6.45, 7) is 4.20. The van der Waals surface area contributed by atoms with Crippen LogP contribution in [0.1, 0.15) is 12.6 Å². The number of benzene rings is 1. The Kier molecular flexibility index (Phi) is 8.12. The topological polar surface area (TPSA) is 121 Å². The molecule has 0 amide bonds. The quantitative estimate of drug-likeness (QED) is 0.294. The van der Waals surface area contributed by atoms with Gasteiger partial charge in [0.2, 0.25) is 5.13 Å². The van der Waals surface area contributed by atoms with Gasteiger partial charge in [-0.1, -0.05) is 18.5 Å². The first-order valence-electron chi connectivity index (χ1n) is 9.41. The largest absolute Gasteiger partial charge is 0.382 e. The van der Waals surface area contributed by atoms with E-state index in [9.17, 15) is 17.2 Å². The lowest BCUT2D eigenvalue weighted by molar-refractivity contribution is 0.557. The molecule has 0 aliphatic carbocycles. The zero-order valence-corrected chi connectivity index (χ0v) is 19.2. The highest BCUT2D eigenvalue weighted by atomic mass is 35.5. The number of sulfonamides is 1. The van der Waals surface area contributed by atoms with Crippen molar-refractivity contribution in [3.8, 4) is 0 Å². The van der Waals surface area contributed by atoms with Gasteiger partial charge in [0.15, 0.2) is 0 Å². The van der Waals surface area contributed by atoms with Gasteiger partial charge < -0.3 is 16.0 Å². The highest BCUT2D eigenvalue weighted by molar-refractivity contribution is 7.93. The molecule has 32 heavy (non-hydrogen) atoms. The molecule has 0 aliphatic heterocycles. The van der Waals surface area contributed by atoms with Gasteiger partial charge in [-0.3, -0.25) is 9.71 Å². The molecule has 0 atom stereocenters. The number of likely N-dealkylation sites (N-methyl/N-ethyl adjacent to an activating group) is 1. The summed E-state index contributed by atoms with van der Waals surface area (Å²) in [5, 5.41) is 9.47. The van der Waals surface area contributed by atoms with E-state index >= 15 is 0 Å². The molecule has 0 bridgehead atoms. The molecule has 2 aromatic heterocycles. The maximum atomic E-state index is 14.6. The van der Waals surface area contributed by atoms with Crippen molar-refractivity contribution < 1.29 is 17.2 Å². The number of halogens is 3. The highest BCUT2D eigenvalue weighted by Crippen LogP contribution is 2.26. The van der Waals surface area contributed by atoms with E-state index in [1.54, 1.807) is 6.07 Å². The van der Waals surface area contributed by atoms with Crippen LogP contribution in [0.15, 0.2) is 35.6 Å². The fraction of sp³-hybridized carbons (Fsp3) is 0.278. The summed E-state index contributed by atoms with van der Waals surface area (Å²) in [6.07, 6.45) is 2.58. The molecule has 0 radical (unpaired) electrons. The minimum Gasteiger partial charge on any atom is -0.382 e. The number of nitrogens with zero attached hydrogens (tertiary/aromatic N) is 3. The van der Waals surface area contributed by atoms with E-state index in [4.69, 9.17) is 11.6 Å². The predicted octanol–water partition coefficient (Wildman–Crippen LogP) is 3.30. The lowest BCUT2D eigenvalue weighted by Crippen LogP contribution is -2.22. The van der Waals surface area contributed by atoms with Crippen LogP contribution in [-0.2, 0) is 16.6 Å². The van der Waals surface area contributed by atoms with Crippen molar-refractivity contribution in [2.45, 2.75) is 18.4 Å². The van der Waals surface area contributed by atoms with E-state index in [0.717, 1.165) is 37.0 Å². The third kappa shape index (κ3) is 6.22. The molecule has 0 unspecified atom stereocenters. The maximum Gasteiger partial charge on any atom is 0.266 e. The van der Waals surface area contributed by atoms with Gasteiger partial charge in [-0.05, 0) is 18.7 Å². The van der Waals surface area contributed by atoms with Crippen LogP contribution in [0.3, 0.4) is 0 Å². The molecule has 3 rings (SSSR count). The average molecular weight is 504 g/mol. The summed E-state index contributed by atoms with van der Waals surface area (Å²) in [6, 6.07) is 3.06. The van der Waals surface area contributed by atoms with Crippen molar-refractivity contribution in [3.63, 3.8) is 0 Å². The van der Waals surface area contributed by atoms with Crippen LogP contribution in [0.5, 0.6) is 0 Å². The molecule has 0 aliphatic rings. The van der Waals surface area contributed by atoms with Crippen LogP contribution in [0.4, 0.5) is 25.3 Å². The van der Waals surface area contributed by atoms with Crippen molar-refractivity contribution in [3.05, 3.63) is 53.1 Å². The molecule has 9 nitrogen and oxygen atoms in total. The van der Waals surface area contributed by atoms with E-state index in [1.165, 1.54) is 6.20 Å². The Hall–Kier alpha value is -2.61. The number of nitrogens with one attached hydrogen (secondary N) is 4. The first-order valence-corrected chi connectivity index (χ1v) is 12.0. The Labute approximate surface area is 192 Å².